The van der Waals surface area contributed by atoms with Crippen LogP contribution in [0.15, 0.2) is 53.3 Å². The minimum atomic E-state index is -0.0588. The molecule has 0 aliphatic carbocycles. The van der Waals surface area contributed by atoms with E-state index in [1.54, 1.807) is 11.6 Å². The van der Waals surface area contributed by atoms with Crippen molar-refractivity contribution in [2.24, 2.45) is 7.05 Å². The van der Waals surface area contributed by atoms with E-state index in [0.29, 0.717) is 11.4 Å². The van der Waals surface area contributed by atoms with Crippen molar-refractivity contribution < 1.29 is 0 Å². The van der Waals surface area contributed by atoms with Crippen molar-refractivity contribution >= 4 is 27.6 Å². The van der Waals surface area contributed by atoms with Gasteiger partial charge in [-0.1, -0.05) is 30.3 Å². The van der Waals surface area contributed by atoms with Gasteiger partial charge in [-0.05, 0) is 18.2 Å². The van der Waals surface area contributed by atoms with Crippen LogP contribution in [0.2, 0.25) is 0 Å². The number of H-pyrrole nitrogens is 1. The first-order valence-corrected chi connectivity index (χ1v) is 7.82. The van der Waals surface area contributed by atoms with Gasteiger partial charge < -0.3 is 14.5 Å². The molecule has 0 fully saturated rings. The molecule has 0 bridgehead atoms. The van der Waals surface area contributed by atoms with Crippen molar-refractivity contribution in [3.8, 4) is 11.4 Å². The smallest absolute Gasteiger partial charge is 0.263 e. The molecular weight excluding hydrogens is 300 g/mol. The van der Waals surface area contributed by atoms with Gasteiger partial charge >= 0.3 is 0 Å². The first kappa shape index (κ1) is 14.5. The molecule has 4 rings (SSSR count). The highest BCUT2D eigenvalue weighted by molar-refractivity contribution is 5.99. The van der Waals surface area contributed by atoms with Gasteiger partial charge in [-0.15, -0.1) is 0 Å². The van der Waals surface area contributed by atoms with Crippen molar-refractivity contribution in [3.63, 3.8) is 0 Å². The Morgan fingerprint density at radius 1 is 1.04 bits per heavy atom. The standard InChI is InChI=1S/C19H18N4O/c1-22(2)17-12-8-4-7-11-15(12)23(3)19(24)16(17)18-20-13-9-5-6-10-14(13)21-18/h4-11H,1-3H3,(H,20,21). The van der Waals surface area contributed by atoms with Gasteiger partial charge in [-0.25, -0.2) is 4.98 Å². The number of para-hydroxylation sites is 3. The number of hydrogen-bond acceptors (Lipinski definition) is 3. The van der Waals surface area contributed by atoms with Gasteiger partial charge in [0.05, 0.1) is 22.2 Å². The predicted molar refractivity (Wildman–Crippen MR) is 98.6 cm³/mol. The fourth-order valence-electron chi connectivity index (χ4n) is 3.23. The van der Waals surface area contributed by atoms with Crippen LogP contribution in [-0.4, -0.2) is 28.6 Å². The molecule has 0 saturated carbocycles. The zero-order valence-corrected chi connectivity index (χ0v) is 13.9. The number of hydrogen-bond donors (Lipinski definition) is 1. The minimum absolute atomic E-state index is 0.0588. The molecule has 5 heteroatoms. The maximum absolute atomic E-state index is 13.1. The number of aryl methyl sites for hydroxylation is 1. The normalized spacial score (nSPS) is 11.3. The Bertz CT molecular complexity index is 1090. The number of aromatic amines is 1. The molecule has 2 aromatic heterocycles. The fraction of sp³-hybridized carbons (Fsp3) is 0.158. The average Bonchev–Trinajstić information content (AvgIpc) is 3.01. The molecule has 5 nitrogen and oxygen atoms in total. The summed E-state index contributed by atoms with van der Waals surface area (Å²) >= 11 is 0. The third-order valence-electron chi connectivity index (χ3n) is 4.35. The van der Waals surface area contributed by atoms with Crippen LogP contribution in [0.25, 0.3) is 33.3 Å². The Hall–Kier alpha value is -3.08. The monoisotopic (exact) mass is 318 g/mol. The lowest BCUT2D eigenvalue weighted by Gasteiger charge is -2.20. The van der Waals surface area contributed by atoms with Crippen LogP contribution >= 0.6 is 0 Å². The summed E-state index contributed by atoms with van der Waals surface area (Å²) in [7, 11) is 5.71. The van der Waals surface area contributed by atoms with Gasteiger partial charge in [0, 0.05) is 26.5 Å². The maximum atomic E-state index is 13.1. The van der Waals surface area contributed by atoms with E-state index in [1.165, 1.54) is 0 Å². The van der Waals surface area contributed by atoms with E-state index < -0.39 is 0 Å². The Kier molecular flexibility index (Phi) is 3.16. The molecule has 0 aliphatic heterocycles. The van der Waals surface area contributed by atoms with Gasteiger partial charge in [0.1, 0.15) is 11.4 Å². The van der Waals surface area contributed by atoms with E-state index in [0.717, 1.165) is 27.6 Å². The second-order valence-corrected chi connectivity index (χ2v) is 6.10. The number of imidazole rings is 1. The number of pyridine rings is 1. The Balaban J connectivity index is 2.16. The quantitative estimate of drug-likeness (QED) is 0.618. The highest BCUT2D eigenvalue weighted by Gasteiger charge is 2.20. The largest absolute Gasteiger partial charge is 0.376 e. The summed E-state index contributed by atoms with van der Waals surface area (Å²) in [6.07, 6.45) is 0. The van der Waals surface area contributed by atoms with Crippen LogP contribution in [0.4, 0.5) is 5.69 Å². The summed E-state index contributed by atoms with van der Waals surface area (Å²) in [6.45, 7) is 0. The molecule has 0 unspecified atom stereocenters. The van der Waals surface area contributed by atoms with Gasteiger partial charge in [0.2, 0.25) is 0 Å². The number of anilines is 1. The first-order chi connectivity index (χ1) is 11.6. The summed E-state index contributed by atoms with van der Waals surface area (Å²) in [4.78, 5) is 23.0. The van der Waals surface area contributed by atoms with Crippen molar-refractivity contribution in [2.45, 2.75) is 0 Å². The van der Waals surface area contributed by atoms with Gasteiger partial charge in [-0.2, -0.15) is 0 Å². The lowest BCUT2D eigenvalue weighted by atomic mass is 10.1. The lowest BCUT2D eigenvalue weighted by molar-refractivity contribution is 0.903. The number of aromatic nitrogens is 3. The van der Waals surface area contributed by atoms with E-state index in [2.05, 4.69) is 9.97 Å². The van der Waals surface area contributed by atoms with E-state index in [4.69, 9.17) is 0 Å². The summed E-state index contributed by atoms with van der Waals surface area (Å²) in [5, 5.41) is 1.03. The molecule has 24 heavy (non-hydrogen) atoms. The van der Waals surface area contributed by atoms with Crippen LogP contribution in [-0.2, 0) is 7.05 Å². The predicted octanol–water partition coefficient (Wildman–Crippen LogP) is 3.15. The van der Waals surface area contributed by atoms with Crippen molar-refractivity contribution in [2.75, 3.05) is 19.0 Å². The van der Waals surface area contributed by atoms with Crippen molar-refractivity contribution in [1.82, 2.24) is 14.5 Å². The molecule has 0 spiro atoms. The van der Waals surface area contributed by atoms with E-state index >= 15 is 0 Å². The van der Waals surface area contributed by atoms with Gasteiger partial charge in [0.25, 0.3) is 5.56 Å². The van der Waals surface area contributed by atoms with E-state index in [9.17, 15) is 4.79 Å². The van der Waals surface area contributed by atoms with Gasteiger partial charge in [0.15, 0.2) is 0 Å². The second kappa shape index (κ2) is 5.23. The maximum Gasteiger partial charge on any atom is 0.263 e. The number of nitrogens with one attached hydrogen (secondary N) is 1. The van der Waals surface area contributed by atoms with Crippen molar-refractivity contribution in [1.29, 1.82) is 0 Å². The SMILES string of the molecule is CN(C)c1c(-c2nc3ccccc3[nH]2)c(=O)n(C)c2ccccc12. The van der Waals surface area contributed by atoms with E-state index in [1.807, 2.05) is 67.5 Å². The first-order valence-electron chi connectivity index (χ1n) is 7.82. The zero-order valence-electron chi connectivity index (χ0n) is 13.9. The molecule has 2 heterocycles. The summed E-state index contributed by atoms with van der Waals surface area (Å²) in [5.74, 6) is 0.603. The molecule has 0 atom stereocenters. The highest BCUT2D eigenvalue weighted by atomic mass is 16.1. The third-order valence-corrected chi connectivity index (χ3v) is 4.35. The Labute approximate surface area is 139 Å². The summed E-state index contributed by atoms with van der Waals surface area (Å²) in [6, 6.07) is 15.7. The number of fused-ring (bicyclic) bond motifs is 2. The summed E-state index contributed by atoms with van der Waals surface area (Å²) < 4.78 is 1.69. The van der Waals surface area contributed by atoms with E-state index in [-0.39, 0.29) is 5.56 Å². The minimum Gasteiger partial charge on any atom is -0.376 e. The number of rotatable bonds is 2. The van der Waals surface area contributed by atoms with Crippen LogP contribution in [0.3, 0.4) is 0 Å². The number of nitrogens with zero attached hydrogens (tertiary/aromatic N) is 3. The molecule has 0 aliphatic rings. The highest BCUT2D eigenvalue weighted by Crippen LogP contribution is 2.33. The zero-order chi connectivity index (χ0) is 16.8. The summed E-state index contributed by atoms with van der Waals surface area (Å²) in [5.41, 5.74) is 4.10. The second-order valence-electron chi connectivity index (χ2n) is 6.10. The average molecular weight is 318 g/mol. The molecule has 0 saturated heterocycles. The van der Waals surface area contributed by atoms with Gasteiger partial charge in [-0.3, -0.25) is 4.79 Å². The fourth-order valence-corrected chi connectivity index (χ4v) is 3.23. The van der Waals surface area contributed by atoms with Crippen LogP contribution in [0, 0.1) is 0 Å². The van der Waals surface area contributed by atoms with Crippen LogP contribution < -0.4 is 10.5 Å². The molecular formula is C19H18N4O. The molecule has 120 valence electrons. The third kappa shape index (κ3) is 2.01. The molecule has 4 aromatic rings. The molecule has 2 aromatic carbocycles. The molecule has 0 radical (unpaired) electrons. The Morgan fingerprint density at radius 3 is 2.50 bits per heavy atom. The molecule has 0 amide bonds. The number of benzene rings is 2. The topological polar surface area (TPSA) is 53.9 Å². The van der Waals surface area contributed by atoms with Crippen LogP contribution in [0.5, 0.6) is 0 Å². The van der Waals surface area contributed by atoms with Crippen LogP contribution in [0.1, 0.15) is 0 Å². The molecule has 1 N–H and O–H groups in total. The lowest BCUT2D eigenvalue weighted by Crippen LogP contribution is -2.24. The Morgan fingerprint density at radius 2 is 1.75 bits per heavy atom. The van der Waals surface area contributed by atoms with Crippen molar-refractivity contribution in [3.05, 3.63) is 58.9 Å².